The van der Waals surface area contributed by atoms with E-state index in [0.29, 0.717) is 5.82 Å². The summed E-state index contributed by atoms with van der Waals surface area (Å²) >= 11 is 0. The number of aryl methyl sites for hydroxylation is 2. The lowest BCUT2D eigenvalue weighted by molar-refractivity contribution is 0.102. The van der Waals surface area contributed by atoms with E-state index < -0.39 is 11.7 Å². The predicted molar refractivity (Wildman–Crippen MR) is 72.5 cm³/mol. The molecule has 1 heterocycles. The smallest absolute Gasteiger partial charge is 0.256 e. The van der Waals surface area contributed by atoms with Crippen LogP contribution < -0.4 is 11.1 Å². The molecule has 0 aliphatic heterocycles. The van der Waals surface area contributed by atoms with Gasteiger partial charge in [-0.05, 0) is 49.7 Å². The van der Waals surface area contributed by atoms with E-state index in [2.05, 4.69) is 10.3 Å². The lowest BCUT2D eigenvalue weighted by atomic mass is 10.2. The monoisotopic (exact) mass is 259 g/mol. The van der Waals surface area contributed by atoms with Gasteiger partial charge in [0.2, 0.25) is 0 Å². The van der Waals surface area contributed by atoms with Crippen LogP contribution in [0.5, 0.6) is 0 Å². The van der Waals surface area contributed by atoms with E-state index in [0.717, 1.165) is 23.4 Å². The molecule has 1 aromatic heterocycles. The molecule has 1 aromatic carbocycles. The lowest BCUT2D eigenvalue weighted by Crippen LogP contribution is -2.14. The third-order valence-electron chi connectivity index (χ3n) is 2.52. The van der Waals surface area contributed by atoms with Crippen LogP contribution in [0.3, 0.4) is 0 Å². The summed E-state index contributed by atoms with van der Waals surface area (Å²) in [6.45, 7) is 3.74. The number of halogens is 1. The Labute approximate surface area is 110 Å². The molecule has 0 unspecified atom stereocenters. The Morgan fingerprint density at radius 1 is 1.21 bits per heavy atom. The quantitative estimate of drug-likeness (QED) is 0.815. The van der Waals surface area contributed by atoms with Crippen LogP contribution in [0, 0.1) is 19.7 Å². The molecular formula is C14H14FN3O. The first-order chi connectivity index (χ1) is 8.94. The number of carbonyl (C=O) groups excluding carboxylic acids is 1. The molecule has 2 aromatic rings. The van der Waals surface area contributed by atoms with Crippen molar-refractivity contribution in [1.29, 1.82) is 0 Å². The maximum absolute atomic E-state index is 13.2. The molecule has 0 spiro atoms. The van der Waals surface area contributed by atoms with Crippen LogP contribution >= 0.6 is 0 Å². The van der Waals surface area contributed by atoms with Crippen molar-refractivity contribution in [2.75, 3.05) is 11.1 Å². The molecule has 3 N–H and O–H groups in total. The normalized spacial score (nSPS) is 10.3. The standard InChI is InChI=1S/C14H14FN3O/c1-8-3-9(2)17-13(4-8)18-14(19)10-5-11(15)7-12(16)6-10/h3-7H,16H2,1-2H3,(H,17,18,19). The average Bonchev–Trinajstić information content (AvgIpc) is 2.25. The average molecular weight is 259 g/mol. The molecule has 0 aliphatic rings. The molecule has 19 heavy (non-hydrogen) atoms. The Morgan fingerprint density at radius 3 is 2.58 bits per heavy atom. The second-order valence-corrected chi connectivity index (χ2v) is 4.40. The van der Waals surface area contributed by atoms with Crippen molar-refractivity contribution < 1.29 is 9.18 Å². The molecule has 0 saturated heterocycles. The molecule has 5 heteroatoms. The van der Waals surface area contributed by atoms with E-state index in [1.807, 2.05) is 19.9 Å². The summed E-state index contributed by atoms with van der Waals surface area (Å²) in [7, 11) is 0. The zero-order chi connectivity index (χ0) is 14.0. The fourth-order valence-corrected chi connectivity index (χ4v) is 1.84. The number of amides is 1. The number of hydrogen-bond donors (Lipinski definition) is 2. The van der Waals surface area contributed by atoms with Crippen molar-refractivity contribution in [2.45, 2.75) is 13.8 Å². The van der Waals surface area contributed by atoms with Crippen molar-refractivity contribution in [1.82, 2.24) is 4.98 Å². The highest BCUT2D eigenvalue weighted by Crippen LogP contribution is 2.14. The highest BCUT2D eigenvalue weighted by molar-refractivity contribution is 6.04. The van der Waals surface area contributed by atoms with Gasteiger partial charge in [0.05, 0.1) is 0 Å². The van der Waals surface area contributed by atoms with Crippen molar-refractivity contribution in [3.63, 3.8) is 0 Å². The molecule has 0 fully saturated rings. The molecule has 0 atom stereocenters. The topological polar surface area (TPSA) is 68.0 Å². The van der Waals surface area contributed by atoms with Crippen LogP contribution in [0.4, 0.5) is 15.9 Å². The number of aromatic nitrogens is 1. The maximum atomic E-state index is 13.2. The first-order valence-electron chi connectivity index (χ1n) is 5.77. The molecule has 0 saturated carbocycles. The van der Waals surface area contributed by atoms with Gasteiger partial charge in [-0.1, -0.05) is 0 Å². The van der Waals surface area contributed by atoms with Crippen molar-refractivity contribution >= 4 is 17.4 Å². The van der Waals surface area contributed by atoms with Crippen LogP contribution in [0.1, 0.15) is 21.6 Å². The van der Waals surface area contributed by atoms with Gasteiger partial charge in [-0.3, -0.25) is 4.79 Å². The minimum atomic E-state index is -0.543. The van der Waals surface area contributed by atoms with Gasteiger partial charge in [0.15, 0.2) is 0 Å². The van der Waals surface area contributed by atoms with E-state index in [1.165, 1.54) is 6.07 Å². The van der Waals surface area contributed by atoms with Crippen molar-refractivity contribution in [3.8, 4) is 0 Å². The summed E-state index contributed by atoms with van der Waals surface area (Å²) in [5, 5.41) is 2.62. The van der Waals surface area contributed by atoms with Gasteiger partial charge >= 0.3 is 0 Å². The van der Waals surface area contributed by atoms with Crippen LogP contribution in [0.25, 0.3) is 0 Å². The summed E-state index contributed by atoms with van der Waals surface area (Å²) in [5.41, 5.74) is 7.66. The highest BCUT2D eigenvalue weighted by Gasteiger charge is 2.09. The largest absolute Gasteiger partial charge is 0.399 e. The Morgan fingerprint density at radius 2 is 1.95 bits per heavy atom. The highest BCUT2D eigenvalue weighted by atomic mass is 19.1. The van der Waals surface area contributed by atoms with Crippen LogP contribution in [-0.4, -0.2) is 10.9 Å². The first-order valence-corrected chi connectivity index (χ1v) is 5.77. The van der Waals surface area contributed by atoms with Gasteiger partial charge in [0.1, 0.15) is 11.6 Å². The van der Waals surface area contributed by atoms with E-state index in [9.17, 15) is 9.18 Å². The Hall–Kier alpha value is -2.43. The van der Waals surface area contributed by atoms with Gasteiger partial charge in [-0.15, -0.1) is 0 Å². The third kappa shape index (κ3) is 3.28. The number of benzene rings is 1. The van der Waals surface area contributed by atoms with E-state index in [-0.39, 0.29) is 11.3 Å². The van der Waals surface area contributed by atoms with Gasteiger partial charge in [-0.2, -0.15) is 0 Å². The number of nitrogens with zero attached hydrogens (tertiary/aromatic N) is 1. The zero-order valence-electron chi connectivity index (χ0n) is 10.7. The summed E-state index contributed by atoms with van der Waals surface area (Å²) in [6, 6.07) is 7.35. The molecule has 0 aliphatic carbocycles. The lowest BCUT2D eigenvalue weighted by Gasteiger charge is -2.07. The fraction of sp³-hybridized carbons (Fsp3) is 0.143. The van der Waals surface area contributed by atoms with Crippen LogP contribution in [0.15, 0.2) is 30.3 Å². The van der Waals surface area contributed by atoms with Crippen LogP contribution in [-0.2, 0) is 0 Å². The number of nitrogen functional groups attached to an aromatic ring is 1. The summed E-state index contributed by atoms with van der Waals surface area (Å²) in [4.78, 5) is 16.2. The third-order valence-corrected chi connectivity index (χ3v) is 2.52. The number of hydrogen-bond acceptors (Lipinski definition) is 3. The number of anilines is 2. The van der Waals surface area contributed by atoms with Crippen molar-refractivity contribution in [3.05, 3.63) is 53.0 Å². The minimum Gasteiger partial charge on any atom is -0.399 e. The fourth-order valence-electron chi connectivity index (χ4n) is 1.84. The van der Waals surface area contributed by atoms with Gasteiger partial charge in [0.25, 0.3) is 5.91 Å². The number of carbonyl (C=O) groups is 1. The second kappa shape index (κ2) is 5.06. The SMILES string of the molecule is Cc1cc(C)nc(NC(=O)c2cc(N)cc(F)c2)c1. The number of rotatable bonds is 2. The number of pyridine rings is 1. The Bertz CT molecular complexity index is 600. The molecule has 0 bridgehead atoms. The summed E-state index contributed by atoms with van der Waals surface area (Å²) in [5.74, 6) is -0.549. The van der Waals surface area contributed by atoms with Gasteiger partial charge in [0, 0.05) is 16.9 Å². The molecular weight excluding hydrogens is 245 g/mol. The Kier molecular flexibility index (Phi) is 3.46. The summed E-state index contributed by atoms with van der Waals surface area (Å²) in [6.07, 6.45) is 0. The second-order valence-electron chi connectivity index (χ2n) is 4.40. The van der Waals surface area contributed by atoms with E-state index >= 15 is 0 Å². The zero-order valence-corrected chi connectivity index (χ0v) is 10.7. The molecule has 0 radical (unpaired) electrons. The van der Waals surface area contributed by atoms with E-state index in [1.54, 1.807) is 6.07 Å². The Balaban J connectivity index is 2.25. The minimum absolute atomic E-state index is 0.165. The summed E-state index contributed by atoms with van der Waals surface area (Å²) < 4.78 is 13.2. The maximum Gasteiger partial charge on any atom is 0.256 e. The van der Waals surface area contributed by atoms with Crippen molar-refractivity contribution in [2.24, 2.45) is 0 Å². The first kappa shape index (κ1) is 13.0. The number of nitrogens with two attached hydrogens (primary N) is 1. The van der Waals surface area contributed by atoms with Gasteiger partial charge in [-0.25, -0.2) is 9.37 Å². The molecule has 4 nitrogen and oxygen atoms in total. The molecule has 98 valence electrons. The van der Waals surface area contributed by atoms with E-state index in [4.69, 9.17) is 5.73 Å². The molecule has 2 rings (SSSR count). The van der Waals surface area contributed by atoms with Crippen LogP contribution in [0.2, 0.25) is 0 Å². The van der Waals surface area contributed by atoms with Gasteiger partial charge < -0.3 is 11.1 Å². The predicted octanol–water partition coefficient (Wildman–Crippen LogP) is 2.67. The number of nitrogens with one attached hydrogen (secondary N) is 1. The molecule has 1 amide bonds.